The minimum absolute atomic E-state index is 0.0496. The van der Waals surface area contributed by atoms with E-state index < -0.39 is 26.4 Å². The number of nitro groups is 3. The fourth-order valence-electron chi connectivity index (χ4n) is 4.89. The lowest BCUT2D eigenvalue weighted by Crippen LogP contribution is -1.93. The fourth-order valence-corrected chi connectivity index (χ4v) is 5.48. The Kier molecular flexibility index (Phi) is 21.3. The van der Waals surface area contributed by atoms with Gasteiger partial charge in [-0.3, -0.25) is 35.3 Å². The second kappa shape index (κ2) is 25.5. The maximum Gasteiger partial charge on any atom is 0.272 e. The number of rotatable bonds is 3. The number of aromatic nitrogens is 1. The Hall–Kier alpha value is -6.29. The molecule has 0 N–H and O–H groups in total. The van der Waals surface area contributed by atoms with Crippen LogP contribution in [0.5, 0.6) is 0 Å². The third-order valence-corrected chi connectivity index (χ3v) is 9.75. The van der Waals surface area contributed by atoms with Crippen molar-refractivity contribution in [3.8, 4) is 0 Å². The van der Waals surface area contributed by atoms with E-state index in [0.29, 0.717) is 16.7 Å². The quantitative estimate of drug-likeness (QED) is 0.0975. The van der Waals surface area contributed by atoms with Gasteiger partial charge < -0.3 is 0 Å². The summed E-state index contributed by atoms with van der Waals surface area (Å²) in [6.45, 7) is 10.4. The molecule has 10 nitrogen and oxygen atoms in total. The molecule has 0 aliphatic carbocycles. The first-order valence-electron chi connectivity index (χ1n) is 18.0. The topological polar surface area (TPSA) is 142 Å². The van der Waals surface area contributed by atoms with Crippen LogP contribution in [0.25, 0.3) is 10.8 Å². The summed E-state index contributed by atoms with van der Waals surface area (Å²) in [5, 5.41) is 34.8. The van der Waals surface area contributed by atoms with E-state index in [-0.39, 0.29) is 28.7 Å². The molecule has 6 aromatic carbocycles. The van der Waals surface area contributed by atoms with Crippen molar-refractivity contribution in [3.63, 3.8) is 0 Å². The first-order valence-corrected chi connectivity index (χ1v) is 19.5. The molecule has 0 saturated carbocycles. The average Bonchev–Trinajstić information content (AvgIpc) is 3.20. The van der Waals surface area contributed by atoms with Crippen LogP contribution < -0.4 is 0 Å². The number of non-ortho nitro benzene ring substituents is 1. The Bertz CT molecular complexity index is 2540. The highest BCUT2D eigenvalue weighted by molar-refractivity contribution is 9.10. The van der Waals surface area contributed by atoms with Crippen LogP contribution in [-0.2, 0) is 0 Å². The van der Waals surface area contributed by atoms with Crippen molar-refractivity contribution >= 4 is 67.0 Å². The maximum absolute atomic E-state index is 12.4. The zero-order chi connectivity index (χ0) is 46.7. The first kappa shape index (κ1) is 51.8. The molecule has 0 saturated heterocycles. The van der Waals surface area contributed by atoms with Crippen molar-refractivity contribution in [1.29, 1.82) is 0 Å². The highest BCUT2D eigenvalue weighted by atomic mass is 79.9. The van der Waals surface area contributed by atoms with E-state index in [9.17, 15) is 47.9 Å². The zero-order valence-electron chi connectivity index (χ0n) is 34.0. The highest BCUT2D eigenvalue weighted by Crippen LogP contribution is 2.23. The van der Waals surface area contributed by atoms with Gasteiger partial charge in [-0.1, -0.05) is 57.3 Å². The van der Waals surface area contributed by atoms with E-state index in [1.165, 1.54) is 55.3 Å². The lowest BCUT2D eigenvalue weighted by molar-refractivity contribution is -0.389. The van der Waals surface area contributed by atoms with Crippen LogP contribution in [0.3, 0.4) is 0 Å². The van der Waals surface area contributed by atoms with E-state index >= 15 is 0 Å². The predicted molar refractivity (Wildman–Crippen MR) is 240 cm³/mol. The molecule has 0 amide bonds. The number of nitrogens with zero attached hydrogens (tertiary/aromatic N) is 4. The summed E-state index contributed by atoms with van der Waals surface area (Å²) in [4.78, 5) is 33.2. The van der Waals surface area contributed by atoms with E-state index in [0.717, 1.165) is 74.2 Å². The molecule has 0 fully saturated rings. The van der Waals surface area contributed by atoms with Crippen molar-refractivity contribution in [2.45, 2.75) is 41.5 Å². The molecular formula is C45H39BrCl2F4N4O6. The summed E-state index contributed by atoms with van der Waals surface area (Å²) in [5.74, 6) is -1.39. The van der Waals surface area contributed by atoms with Gasteiger partial charge in [-0.2, -0.15) is 0 Å². The number of aryl methyl sites for hydroxylation is 6. The minimum Gasteiger partial charge on any atom is -0.264 e. The van der Waals surface area contributed by atoms with Gasteiger partial charge in [0, 0.05) is 67.7 Å². The lowest BCUT2D eigenvalue weighted by atomic mass is 10.1. The maximum atomic E-state index is 12.4. The van der Waals surface area contributed by atoms with Gasteiger partial charge in [0.25, 0.3) is 17.1 Å². The molecule has 0 spiro atoms. The second-order valence-electron chi connectivity index (χ2n) is 13.0. The van der Waals surface area contributed by atoms with Crippen molar-refractivity contribution in [2.24, 2.45) is 0 Å². The standard InChI is InChI=1S/C10H9N.C7H6BrF.C7H6Cl2.C7H6F2.C7H6FNO2.C7H6N2O4/c1-8-3-2-4-9-7-11-6-5-10(8)9;1-5-4-6(9)2-3-7(5)8;2*1-5-4-6(8)2-3-7(5)9;1-5-4-6(8)2-3-7(5)9(10)11;1-5-4-6(8(10)11)2-3-7(5)9(12)13/h2-7H,1H3;3*2-4H,1H3;2-4H,1H3;2-4H,1H3. The number of hydrogen-bond donors (Lipinski definition) is 0. The van der Waals surface area contributed by atoms with Crippen molar-refractivity contribution in [1.82, 2.24) is 4.98 Å². The van der Waals surface area contributed by atoms with Gasteiger partial charge in [0.2, 0.25) is 0 Å². The molecule has 17 heteroatoms. The van der Waals surface area contributed by atoms with Gasteiger partial charge in [0.1, 0.15) is 23.3 Å². The van der Waals surface area contributed by atoms with Crippen LogP contribution in [0.2, 0.25) is 10.0 Å². The number of fused-ring (bicyclic) bond motifs is 1. The van der Waals surface area contributed by atoms with Gasteiger partial charge in [0.05, 0.1) is 14.8 Å². The Morgan fingerprint density at radius 3 is 1.52 bits per heavy atom. The van der Waals surface area contributed by atoms with Crippen molar-refractivity contribution in [3.05, 3.63) is 229 Å². The van der Waals surface area contributed by atoms with E-state index in [1.807, 2.05) is 38.4 Å². The van der Waals surface area contributed by atoms with E-state index in [1.54, 1.807) is 18.2 Å². The van der Waals surface area contributed by atoms with Gasteiger partial charge in [0.15, 0.2) is 0 Å². The molecule has 0 radical (unpaired) electrons. The van der Waals surface area contributed by atoms with Crippen LogP contribution in [0.4, 0.5) is 34.6 Å². The molecule has 62 heavy (non-hydrogen) atoms. The number of pyridine rings is 1. The smallest absolute Gasteiger partial charge is 0.264 e. The van der Waals surface area contributed by atoms with Crippen molar-refractivity contribution in [2.75, 3.05) is 0 Å². The average molecular weight is 959 g/mol. The fraction of sp³-hybridized carbons (Fsp3) is 0.133. The molecule has 0 bridgehead atoms. The number of benzene rings is 6. The summed E-state index contributed by atoms with van der Waals surface area (Å²) in [6, 6.07) is 28.5. The van der Waals surface area contributed by atoms with Crippen LogP contribution in [-0.4, -0.2) is 19.8 Å². The van der Waals surface area contributed by atoms with Gasteiger partial charge in [-0.25, -0.2) is 17.6 Å². The summed E-state index contributed by atoms with van der Waals surface area (Å²) in [6.07, 6.45) is 3.72. The Morgan fingerprint density at radius 2 is 1.06 bits per heavy atom. The van der Waals surface area contributed by atoms with Crippen molar-refractivity contribution < 1.29 is 32.3 Å². The normalized spacial score (nSPS) is 9.76. The molecule has 1 heterocycles. The van der Waals surface area contributed by atoms with Crippen LogP contribution >= 0.6 is 39.1 Å². The van der Waals surface area contributed by atoms with Gasteiger partial charge >= 0.3 is 0 Å². The third kappa shape index (κ3) is 17.7. The number of hydrogen-bond acceptors (Lipinski definition) is 7. The van der Waals surface area contributed by atoms with Gasteiger partial charge in [-0.15, -0.1) is 0 Å². The van der Waals surface area contributed by atoms with Crippen LogP contribution in [0, 0.1) is 95.2 Å². The molecule has 0 aliphatic rings. The summed E-state index contributed by atoms with van der Waals surface area (Å²) in [5.41, 5.74) is 3.94. The van der Waals surface area contributed by atoms with E-state index in [2.05, 4.69) is 46.0 Å². The summed E-state index contributed by atoms with van der Waals surface area (Å²) < 4.78 is 50.2. The van der Waals surface area contributed by atoms with Crippen LogP contribution in [0.15, 0.2) is 132 Å². The second-order valence-corrected chi connectivity index (χ2v) is 14.7. The number of halogens is 7. The molecule has 1 aromatic heterocycles. The largest absolute Gasteiger partial charge is 0.272 e. The Morgan fingerprint density at radius 1 is 0.532 bits per heavy atom. The summed E-state index contributed by atoms with van der Waals surface area (Å²) >= 11 is 14.6. The zero-order valence-corrected chi connectivity index (χ0v) is 37.1. The SMILES string of the molecule is Cc1cc(Cl)ccc1Cl.Cc1cc(F)ccc1Br.Cc1cc(F)ccc1F.Cc1cc(F)ccc1[N+](=O)[O-].Cc1cc([N+](=O)[O-])ccc1[N+](=O)[O-].Cc1cccc2cnccc12. The summed E-state index contributed by atoms with van der Waals surface area (Å²) in [7, 11) is 0. The molecule has 0 aliphatic heterocycles. The molecule has 7 rings (SSSR count). The molecule has 324 valence electrons. The minimum atomic E-state index is -0.587. The lowest BCUT2D eigenvalue weighted by Gasteiger charge is -1.98. The van der Waals surface area contributed by atoms with Crippen LogP contribution in [0.1, 0.15) is 33.4 Å². The molecule has 7 aromatic rings. The van der Waals surface area contributed by atoms with E-state index in [4.69, 9.17) is 23.2 Å². The molecule has 0 unspecified atom stereocenters. The first-order chi connectivity index (χ1) is 29.1. The predicted octanol–water partition coefficient (Wildman–Crippen LogP) is 14.9. The Labute approximate surface area is 373 Å². The third-order valence-electron chi connectivity index (χ3n) is 8.20. The number of nitro benzene ring substituents is 3. The Balaban J connectivity index is 0.000000257. The molecular weight excluding hydrogens is 919 g/mol. The highest BCUT2D eigenvalue weighted by Gasteiger charge is 2.14. The molecule has 0 atom stereocenters. The monoisotopic (exact) mass is 956 g/mol. The van der Waals surface area contributed by atoms with Gasteiger partial charge in [-0.05, 0) is 142 Å².